The normalized spacial score (nSPS) is 11.0. The lowest BCUT2D eigenvalue weighted by atomic mass is 10.1. The highest BCUT2D eigenvalue weighted by Crippen LogP contribution is 2.25. The van der Waals surface area contributed by atoms with Crippen molar-refractivity contribution in [3.63, 3.8) is 0 Å². The van der Waals surface area contributed by atoms with Gasteiger partial charge in [0.2, 0.25) is 9.84 Å². The summed E-state index contributed by atoms with van der Waals surface area (Å²) in [6.45, 7) is 3.64. The van der Waals surface area contributed by atoms with Crippen LogP contribution in [0, 0.1) is 13.8 Å². The summed E-state index contributed by atoms with van der Waals surface area (Å²) in [6.07, 6.45) is 0. The molecular weight excluding hydrogens is 369 g/mol. The first-order valence-electron chi connectivity index (χ1n) is 6.97. The molecule has 0 heterocycles. The van der Waals surface area contributed by atoms with E-state index in [2.05, 4.69) is 5.32 Å². The lowest BCUT2D eigenvalue weighted by Gasteiger charge is -2.12. The molecule has 1 amide bonds. The van der Waals surface area contributed by atoms with Gasteiger partial charge in [-0.25, -0.2) is 8.42 Å². The number of benzene rings is 2. The fraction of sp³-hybridized carbons (Fsp3) is 0.118. The molecule has 0 aliphatic carbocycles. The summed E-state index contributed by atoms with van der Waals surface area (Å²) in [4.78, 5) is 12.3. The van der Waals surface area contributed by atoms with Crippen molar-refractivity contribution in [1.29, 1.82) is 0 Å². The second-order valence-corrected chi connectivity index (χ2v) is 8.07. The SMILES string of the molecule is Cc1ccc(C(=O)NC(=C(Cl)Cl)S(=O)(=O)c2cccc(C)c2)cc1. The molecule has 0 bridgehead atoms. The third-order valence-corrected chi connectivity index (χ3v) is 5.60. The number of hydrogen-bond donors (Lipinski definition) is 1. The molecule has 0 spiro atoms. The second kappa shape index (κ2) is 7.38. The van der Waals surface area contributed by atoms with Crippen molar-refractivity contribution < 1.29 is 13.2 Å². The molecule has 0 aliphatic rings. The van der Waals surface area contributed by atoms with Crippen LogP contribution in [0.15, 0.2) is 62.9 Å². The van der Waals surface area contributed by atoms with Crippen LogP contribution in [0.25, 0.3) is 0 Å². The molecule has 4 nitrogen and oxygen atoms in total. The van der Waals surface area contributed by atoms with Gasteiger partial charge in [0.1, 0.15) is 4.49 Å². The molecule has 0 saturated heterocycles. The highest BCUT2D eigenvalue weighted by atomic mass is 35.5. The topological polar surface area (TPSA) is 63.2 Å². The fourth-order valence-corrected chi connectivity index (χ4v) is 3.97. The van der Waals surface area contributed by atoms with Gasteiger partial charge >= 0.3 is 0 Å². The van der Waals surface area contributed by atoms with E-state index in [-0.39, 0.29) is 4.90 Å². The molecule has 0 unspecified atom stereocenters. The monoisotopic (exact) mass is 383 g/mol. The molecule has 2 aromatic carbocycles. The van der Waals surface area contributed by atoms with Crippen LogP contribution >= 0.6 is 23.2 Å². The highest BCUT2D eigenvalue weighted by Gasteiger charge is 2.26. The average molecular weight is 384 g/mol. The molecule has 0 fully saturated rings. The molecule has 24 heavy (non-hydrogen) atoms. The Balaban J connectivity index is 2.39. The molecule has 0 aliphatic heterocycles. The fourth-order valence-electron chi connectivity index (χ4n) is 2.00. The number of carbonyl (C=O) groups is 1. The molecule has 126 valence electrons. The van der Waals surface area contributed by atoms with Crippen LogP contribution in [0.1, 0.15) is 21.5 Å². The smallest absolute Gasteiger partial charge is 0.256 e. The minimum absolute atomic E-state index is 0.000469. The first-order chi connectivity index (χ1) is 11.2. The first-order valence-corrected chi connectivity index (χ1v) is 9.21. The van der Waals surface area contributed by atoms with Crippen molar-refractivity contribution in [2.24, 2.45) is 0 Å². The molecule has 2 aromatic rings. The zero-order valence-corrected chi connectivity index (χ0v) is 15.3. The minimum atomic E-state index is -4.05. The van der Waals surface area contributed by atoms with E-state index in [1.165, 1.54) is 12.1 Å². The van der Waals surface area contributed by atoms with Crippen LogP contribution < -0.4 is 5.32 Å². The van der Waals surface area contributed by atoms with Gasteiger partial charge < -0.3 is 5.32 Å². The summed E-state index contributed by atoms with van der Waals surface area (Å²) < 4.78 is 24.9. The van der Waals surface area contributed by atoms with E-state index < -0.39 is 25.3 Å². The van der Waals surface area contributed by atoms with Crippen molar-refractivity contribution in [2.45, 2.75) is 18.7 Å². The molecular formula is C17H15Cl2NO3S. The molecule has 7 heteroatoms. The number of amides is 1. The summed E-state index contributed by atoms with van der Waals surface area (Å²) in [7, 11) is -4.05. The van der Waals surface area contributed by atoms with Crippen molar-refractivity contribution in [3.05, 3.63) is 74.7 Å². The molecule has 0 aromatic heterocycles. The van der Waals surface area contributed by atoms with Gasteiger partial charge in [0.05, 0.1) is 4.90 Å². The Morgan fingerprint density at radius 3 is 2.12 bits per heavy atom. The Bertz CT molecular complexity index is 900. The number of aryl methyl sites for hydroxylation is 2. The van der Waals surface area contributed by atoms with E-state index in [0.717, 1.165) is 11.1 Å². The lowest BCUT2D eigenvalue weighted by Crippen LogP contribution is -2.28. The predicted octanol–water partition coefficient (Wildman–Crippen LogP) is 4.11. The zero-order valence-electron chi connectivity index (χ0n) is 13.0. The van der Waals surface area contributed by atoms with Gasteiger partial charge in [0.15, 0.2) is 5.03 Å². The Morgan fingerprint density at radius 2 is 1.58 bits per heavy atom. The number of hydrogen-bond acceptors (Lipinski definition) is 3. The number of sulfone groups is 1. The van der Waals surface area contributed by atoms with E-state index >= 15 is 0 Å². The van der Waals surface area contributed by atoms with Crippen LogP contribution in [-0.4, -0.2) is 14.3 Å². The van der Waals surface area contributed by atoms with E-state index in [4.69, 9.17) is 23.2 Å². The van der Waals surface area contributed by atoms with Crippen LogP contribution in [0.4, 0.5) is 0 Å². The van der Waals surface area contributed by atoms with Crippen molar-refractivity contribution in [2.75, 3.05) is 0 Å². The third kappa shape index (κ3) is 4.17. The van der Waals surface area contributed by atoms with Crippen LogP contribution in [0.5, 0.6) is 0 Å². The maximum atomic E-state index is 12.7. The van der Waals surface area contributed by atoms with E-state index in [1.807, 2.05) is 6.92 Å². The summed E-state index contributed by atoms with van der Waals surface area (Å²) in [5.41, 5.74) is 2.03. The summed E-state index contributed by atoms with van der Waals surface area (Å²) in [6, 6.07) is 12.9. The molecule has 0 radical (unpaired) electrons. The van der Waals surface area contributed by atoms with Gasteiger partial charge in [0, 0.05) is 5.56 Å². The summed E-state index contributed by atoms with van der Waals surface area (Å²) in [5, 5.41) is 1.76. The summed E-state index contributed by atoms with van der Waals surface area (Å²) >= 11 is 11.5. The molecule has 2 rings (SSSR count). The van der Waals surface area contributed by atoms with Gasteiger partial charge in [-0.15, -0.1) is 0 Å². The number of rotatable bonds is 4. The van der Waals surface area contributed by atoms with Gasteiger partial charge in [-0.3, -0.25) is 4.79 Å². The predicted molar refractivity (Wildman–Crippen MR) is 95.7 cm³/mol. The number of carbonyl (C=O) groups excluding carboxylic acids is 1. The van der Waals surface area contributed by atoms with Gasteiger partial charge in [-0.2, -0.15) is 0 Å². The number of halogens is 2. The Morgan fingerprint density at radius 1 is 0.958 bits per heavy atom. The summed E-state index contributed by atoms with van der Waals surface area (Å²) in [5.74, 6) is -0.611. The van der Waals surface area contributed by atoms with E-state index in [1.54, 1.807) is 43.3 Å². The maximum Gasteiger partial charge on any atom is 0.256 e. The second-order valence-electron chi connectivity index (χ2n) is 5.23. The van der Waals surface area contributed by atoms with Gasteiger partial charge in [-0.1, -0.05) is 53.0 Å². The Hall–Kier alpha value is -1.82. The first kappa shape index (κ1) is 18.5. The van der Waals surface area contributed by atoms with Crippen LogP contribution in [-0.2, 0) is 9.84 Å². The van der Waals surface area contributed by atoms with Gasteiger partial charge in [0.25, 0.3) is 5.91 Å². The minimum Gasteiger partial charge on any atom is -0.310 e. The van der Waals surface area contributed by atoms with Crippen LogP contribution in [0.3, 0.4) is 0 Å². The highest BCUT2D eigenvalue weighted by molar-refractivity contribution is 7.95. The van der Waals surface area contributed by atoms with Crippen molar-refractivity contribution in [1.82, 2.24) is 5.32 Å². The van der Waals surface area contributed by atoms with Gasteiger partial charge in [-0.05, 0) is 43.7 Å². The number of nitrogens with one attached hydrogen (secondary N) is 1. The average Bonchev–Trinajstić information content (AvgIpc) is 2.52. The Kier molecular flexibility index (Phi) is 5.70. The molecule has 0 saturated carbocycles. The quantitative estimate of drug-likeness (QED) is 0.863. The van der Waals surface area contributed by atoms with Crippen molar-refractivity contribution in [3.8, 4) is 0 Å². The standard InChI is InChI=1S/C17H15Cl2NO3S/c1-11-6-8-13(9-7-11)16(21)20-17(15(18)19)24(22,23)14-5-3-4-12(2)10-14/h3-10H,1-2H3,(H,20,21). The van der Waals surface area contributed by atoms with E-state index in [9.17, 15) is 13.2 Å². The van der Waals surface area contributed by atoms with E-state index in [0.29, 0.717) is 5.56 Å². The lowest BCUT2D eigenvalue weighted by molar-refractivity contribution is 0.0968. The van der Waals surface area contributed by atoms with Crippen LogP contribution in [0.2, 0.25) is 0 Å². The maximum absolute atomic E-state index is 12.7. The zero-order chi connectivity index (χ0) is 17.9. The largest absolute Gasteiger partial charge is 0.310 e. The van der Waals surface area contributed by atoms with Crippen molar-refractivity contribution >= 4 is 38.9 Å². The third-order valence-electron chi connectivity index (χ3n) is 3.28. The Labute approximate surface area is 151 Å². The molecule has 0 atom stereocenters. The molecule has 1 N–H and O–H groups in total.